The van der Waals surface area contributed by atoms with Gasteiger partial charge >= 0.3 is 0 Å². The Labute approximate surface area is 128 Å². The Balaban J connectivity index is 1.42. The highest BCUT2D eigenvalue weighted by molar-refractivity contribution is 7.12. The molecule has 1 aromatic heterocycles. The van der Waals surface area contributed by atoms with Gasteiger partial charge in [0.15, 0.2) is 11.5 Å². The zero-order valence-electron chi connectivity index (χ0n) is 12.1. The van der Waals surface area contributed by atoms with Crippen molar-refractivity contribution in [2.45, 2.75) is 38.8 Å². The topological polar surface area (TPSA) is 30.5 Å². The highest BCUT2D eigenvalue weighted by Gasteiger charge is 2.17. The van der Waals surface area contributed by atoms with Crippen LogP contribution in [0.1, 0.15) is 40.3 Å². The number of benzene rings is 1. The first-order valence-electron chi connectivity index (χ1n) is 7.53. The van der Waals surface area contributed by atoms with Crippen molar-refractivity contribution in [3.05, 3.63) is 45.1 Å². The molecular weight excluding hydrogens is 282 g/mol. The lowest BCUT2D eigenvalue weighted by Crippen LogP contribution is -2.17. The highest BCUT2D eigenvalue weighted by Crippen LogP contribution is 2.34. The normalized spacial score (nSPS) is 17.0. The summed E-state index contributed by atoms with van der Waals surface area (Å²) in [5, 5.41) is 3.61. The predicted octanol–water partition coefficient (Wildman–Crippen LogP) is 3.82. The molecule has 1 aromatic carbocycles. The third-order valence-corrected chi connectivity index (χ3v) is 5.51. The lowest BCUT2D eigenvalue weighted by Gasteiger charge is -2.14. The van der Waals surface area contributed by atoms with Crippen LogP contribution in [0.15, 0.2) is 24.3 Å². The van der Waals surface area contributed by atoms with Crippen LogP contribution in [0.25, 0.3) is 0 Å². The summed E-state index contributed by atoms with van der Waals surface area (Å²) in [4.78, 5) is 3.05. The third kappa shape index (κ3) is 2.54. The van der Waals surface area contributed by atoms with E-state index in [1.807, 2.05) is 17.4 Å². The van der Waals surface area contributed by atoms with Gasteiger partial charge in [-0.1, -0.05) is 6.07 Å². The molecule has 2 aliphatic rings. The molecule has 2 heterocycles. The lowest BCUT2D eigenvalue weighted by atomic mass is 10.1. The molecule has 21 heavy (non-hydrogen) atoms. The Hall–Kier alpha value is -1.52. The van der Waals surface area contributed by atoms with Gasteiger partial charge in [0.2, 0.25) is 6.79 Å². The van der Waals surface area contributed by atoms with Crippen molar-refractivity contribution in [3.63, 3.8) is 0 Å². The molecule has 1 atom stereocenters. The SMILES string of the molecule is CC(NCc1cc2c(s1)CCC2)c1ccc2c(c1)OCO2. The molecule has 4 heteroatoms. The fourth-order valence-corrected chi connectivity index (χ4v) is 4.24. The molecule has 0 radical (unpaired) electrons. The number of fused-ring (bicyclic) bond motifs is 2. The molecule has 110 valence electrons. The van der Waals surface area contributed by atoms with Crippen molar-refractivity contribution >= 4 is 11.3 Å². The van der Waals surface area contributed by atoms with E-state index in [2.05, 4.69) is 30.4 Å². The molecule has 0 saturated carbocycles. The Morgan fingerprint density at radius 3 is 3.00 bits per heavy atom. The lowest BCUT2D eigenvalue weighted by molar-refractivity contribution is 0.174. The Morgan fingerprint density at radius 2 is 2.10 bits per heavy atom. The first kappa shape index (κ1) is 13.2. The maximum atomic E-state index is 5.45. The van der Waals surface area contributed by atoms with Crippen LogP contribution in [0.3, 0.4) is 0 Å². The van der Waals surface area contributed by atoms with Crippen molar-refractivity contribution in [2.75, 3.05) is 6.79 Å². The summed E-state index contributed by atoms with van der Waals surface area (Å²) in [7, 11) is 0. The Kier molecular flexibility index (Phi) is 3.36. The van der Waals surface area contributed by atoms with E-state index >= 15 is 0 Å². The standard InChI is InChI=1S/C17H19NO2S/c1-11(12-5-6-15-16(8-12)20-10-19-15)18-9-14-7-13-3-2-4-17(13)21-14/h5-8,11,18H,2-4,9-10H2,1H3. The van der Waals surface area contributed by atoms with E-state index in [1.54, 1.807) is 10.4 Å². The third-order valence-electron chi connectivity index (χ3n) is 4.28. The maximum absolute atomic E-state index is 5.45. The predicted molar refractivity (Wildman–Crippen MR) is 84.2 cm³/mol. The number of aryl methyl sites for hydroxylation is 2. The number of hydrogen-bond donors (Lipinski definition) is 1. The molecule has 3 nitrogen and oxygen atoms in total. The van der Waals surface area contributed by atoms with Gasteiger partial charge in [0, 0.05) is 22.3 Å². The van der Waals surface area contributed by atoms with Gasteiger partial charge in [0.1, 0.15) is 0 Å². The van der Waals surface area contributed by atoms with E-state index in [1.165, 1.54) is 29.7 Å². The van der Waals surface area contributed by atoms with Crippen LogP contribution in [-0.4, -0.2) is 6.79 Å². The number of ether oxygens (including phenoxy) is 2. The number of hydrogen-bond acceptors (Lipinski definition) is 4. The van der Waals surface area contributed by atoms with Gasteiger partial charge in [-0.2, -0.15) is 0 Å². The van der Waals surface area contributed by atoms with E-state index in [9.17, 15) is 0 Å². The fraction of sp³-hybridized carbons (Fsp3) is 0.412. The largest absolute Gasteiger partial charge is 0.454 e. The molecular formula is C17H19NO2S. The second-order valence-electron chi connectivity index (χ2n) is 5.73. The van der Waals surface area contributed by atoms with Crippen molar-refractivity contribution in [1.82, 2.24) is 5.32 Å². The molecule has 1 aliphatic heterocycles. The molecule has 0 fully saturated rings. The average Bonchev–Trinajstić information content (AvgIpc) is 3.18. The van der Waals surface area contributed by atoms with Crippen LogP contribution in [0, 0.1) is 0 Å². The number of thiophene rings is 1. The monoisotopic (exact) mass is 301 g/mol. The smallest absolute Gasteiger partial charge is 0.231 e. The molecule has 4 rings (SSSR count). The molecule has 2 aromatic rings. The summed E-state index contributed by atoms with van der Waals surface area (Å²) >= 11 is 1.97. The molecule has 1 unspecified atom stereocenters. The van der Waals surface area contributed by atoms with E-state index in [-0.39, 0.29) is 0 Å². The minimum absolute atomic E-state index is 0.302. The number of nitrogens with one attached hydrogen (secondary N) is 1. The summed E-state index contributed by atoms with van der Waals surface area (Å²) in [6.07, 6.45) is 3.88. The van der Waals surface area contributed by atoms with Crippen LogP contribution < -0.4 is 14.8 Å². The maximum Gasteiger partial charge on any atom is 0.231 e. The first-order valence-corrected chi connectivity index (χ1v) is 8.34. The van der Waals surface area contributed by atoms with E-state index in [0.717, 1.165) is 18.0 Å². The summed E-state index contributed by atoms with van der Waals surface area (Å²) in [6.45, 7) is 3.47. The summed E-state index contributed by atoms with van der Waals surface area (Å²) in [5.74, 6) is 1.71. The first-order chi connectivity index (χ1) is 10.3. The van der Waals surface area contributed by atoms with Gasteiger partial charge in [-0.15, -0.1) is 11.3 Å². The summed E-state index contributed by atoms with van der Waals surface area (Å²) < 4.78 is 10.8. The quantitative estimate of drug-likeness (QED) is 0.931. The van der Waals surface area contributed by atoms with Crippen molar-refractivity contribution < 1.29 is 9.47 Å². The molecule has 1 N–H and O–H groups in total. The second-order valence-corrected chi connectivity index (χ2v) is 6.95. The minimum atomic E-state index is 0.302. The van der Waals surface area contributed by atoms with Gasteiger partial charge in [0.25, 0.3) is 0 Å². The van der Waals surface area contributed by atoms with Crippen LogP contribution in [-0.2, 0) is 19.4 Å². The zero-order valence-corrected chi connectivity index (χ0v) is 13.0. The summed E-state index contributed by atoms with van der Waals surface area (Å²) in [5.41, 5.74) is 2.82. The van der Waals surface area contributed by atoms with Crippen molar-refractivity contribution in [3.8, 4) is 11.5 Å². The molecule has 0 spiro atoms. The van der Waals surface area contributed by atoms with E-state index in [0.29, 0.717) is 12.8 Å². The van der Waals surface area contributed by atoms with Gasteiger partial charge in [0.05, 0.1) is 0 Å². The van der Waals surface area contributed by atoms with Gasteiger partial charge in [-0.05, 0) is 55.5 Å². The van der Waals surface area contributed by atoms with Gasteiger partial charge in [-0.25, -0.2) is 0 Å². The zero-order chi connectivity index (χ0) is 14.2. The minimum Gasteiger partial charge on any atom is -0.454 e. The second kappa shape index (κ2) is 5.35. The average molecular weight is 301 g/mol. The molecule has 0 bridgehead atoms. The summed E-state index contributed by atoms with van der Waals surface area (Å²) in [6, 6.07) is 8.87. The molecule has 1 aliphatic carbocycles. The molecule has 0 amide bonds. The van der Waals surface area contributed by atoms with Gasteiger partial charge in [-0.3, -0.25) is 0 Å². The Bertz CT molecular complexity index is 643. The van der Waals surface area contributed by atoms with Crippen LogP contribution in [0.5, 0.6) is 11.5 Å². The van der Waals surface area contributed by atoms with E-state index in [4.69, 9.17) is 9.47 Å². The van der Waals surface area contributed by atoms with Crippen molar-refractivity contribution in [2.24, 2.45) is 0 Å². The highest BCUT2D eigenvalue weighted by atomic mass is 32.1. The van der Waals surface area contributed by atoms with Crippen LogP contribution in [0.4, 0.5) is 0 Å². The molecule has 0 saturated heterocycles. The number of rotatable bonds is 4. The fourth-order valence-electron chi connectivity index (χ4n) is 3.03. The van der Waals surface area contributed by atoms with Crippen LogP contribution in [0.2, 0.25) is 0 Å². The van der Waals surface area contributed by atoms with Crippen molar-refractivity contribution in [1.29, 1.82) is 0 Å². The van der Waals surface area contributed by atoms with Crippen LogP contribution >= 0.6 is 11.3 Å². The Morgan fingerprint density at radius 1 is 1.19 bits per heavy atom. The van der Waals surface area contributed by atoms with E-state index < -0.39 is 0 Å². The van der Waals surface area contributed by atoms with Gasteiger partial charge < -0.3 is 14.8 Å².